The van der Waals surface area contributed by atoms with Crippen molar-refractivity contribution in [2.75, 3.05) is 7.05 Å². The van der Waals surface area contributed by atoms with Gasteiger partial charge in [-0.2, -0.15) is 0 Å². The Balaban J connectivity index is 1.92. The topological polar surface area (TPSA) is 66.0 Å². The van der Waals surface area contributed by atoms with Gasteiger partial charge in [-0.15, -0.1) is 0 Å². The minimum absolute atomic E-state index is 0.0948. The van der Waals surface area contributed by atoms with Crippen molar-refractivity contribution >= 4 is 34.6 Å². The summed E-state index contributed by atoms with van der Waals surface area (Å²) in [7, 11) is 1.66. The third-order valence-electron chi connectivity index (χ3n) is 3.17. The molecule has 1 aromatic heterocycles. The van der Waals surface area contributed by atoms with Gasteiger partial charge in [0.05, 0.1) is 11.2 Å². The van der Waals surface area contributed by atoms with Gasteiger partial charge in [0, 0.05) is 13.1 Å². The van der Waals surface area contributed by atoms with Crippen LogP contribution in [0.3, 0.4) is 0 Å². The molecule has 2 heterocycles. The Labute approximate surface area is 132 Å². The van der Waals surface area contributed by atoms with Gasteiger partial charge in [-0.1, -0.05) is 6.07 Å². The molecule has 0 radical (unpaired) electrons. The summed E-state index contributed by atoms with van der Waals surface area (Å²) in [4.78, 5) is 18.6. The fourth-order valence-corrected chi connectivity index (χ4v) is 2.95. The predicted octanol–water partition coefficient (Wildman–Crippen LogP) is 3.53. The van der Waals surface area contributed by atoms with E-state index >= 15 is 0 Å². The molecule has 22 heavy (non-hydrogen) atoms. The molecular weight excluding hydrogens is 300 g/mol. The summed E-state index contributed by atoms with van der Waals surface area (Å²) in [5.74, 6) is 0.563. The Morgan fingerprint density at radius 1 is 1.36 bits per heavy atom. The van der Waals surface area contributed by atoms with Gasteiger partial charge in [0.2, 0.25) is 0 Å². The van der Waals surface area contributed by atoms with Gasteiger partial charge >= 0.3 is 0 Å². The molecule has 1 aliphatic rings. The Morgan fingerprint density at radius 3 is 2.86 bits per heavy atom. The van der Waals surface area contributed by atoms with Gasteiger partial charge in [0.25, 0.3) is 5.91 Å². The van der Waals surface area contributed by atoms with Crippen molar-refractivity contribution in [3.05, 3.63) is 52.8 Å². The fraction of sp³-hybridized carbons (Fsp3) is 0.125. The Hall–Kier alpha value is -2.47. The van der Waals surface area contributed by atoms with Crippen molar-refractivity contribution in [3.8, 4) is 5.75 Å². The molecule has 0 spiro atoms. The van der Waals surface area contributed by atoms with Crippen LogP contribution in [0.2, 0.25) is 0 Å². The molecule has 1 amide bonds. The number of benzene rings is 1. The molecule has 0 aliphatic carbocycles. The Bertz CT molecular complexity index is 779. The lowest BCUT2D eigenvalue weighted by Crippen LogP contribution is -2.23. The number of amidine groups is 1. The highest BCUT2D eigenvalue weighted by Crippen LogP contribution is 2.35. The van der Waals surface area contributed by atoms with E-state index in [-0.39, 0.29) is 11.7 Å². The number of phenolic OH excluding ortho intramolecular Hbond substituents is 1. The highest BCUT2D eigenvalue weighted by Gasteiger charge is 2.30. The van der Waals surface area contributed by atoms with Gasteiger partial charge in [0.1, 0.15) is 17.2 Å². The lowest BCUT2D eigenvalue weighted by atomic mass is 10.2. The second-order valence-corrected chi connectivity index (χ2v) is 5.89. The molecule has 1 aromatic carbocycles. The number of hydrogen-bond donors (Lipinski definition) is 1. The minimum Gasteiger partial charge on any atom is -0.506 e. The third-order valence-corrected chi connectivity index (χ3v) is 4.23. The van der Waals surface area contributed by atoms with Crippen LogP contribution >= 0.6 is 11.8 Å². The summed E-state index contributed by atoms with van der Waals surface area (Å²) in [5.41, 5.74) is 1.38. The summed E-state index contributed by atoms with van der Waals surface area (Å²) in [6.45, 7) is 1.89. The maximum atomic E-state index is 12.2. The largest absolute Gasteiger partial charge is 0.506 e. The van der Waals surface area contributed by atoms with Crippen molar-refractivity contribution in [1.82, 2.24) is 4.90 Å². The van der Waals surface area contributed by atoms with Crippen molar-refractivity contribution in [2.45, 2.75) is 6.92 Å². The predicted molar refractivity (Wildman–Crippen MR) is 87.0 cm³/mol. The first-order valence-corrected chi connectivity index (χ1v) is 7.45. The number of nitrogens with zero attached hydrogens (tertiary/aromatic N) is 2. The van der Waals surface area contributed by atoms with E-state index in [2.05, 4.69) is 4.99 Å². The highest BCUT2D eigenvalue weighted by atomic mass is 32.2. The van der Waals surface area contributed by atoms with Crippen LogP contribution in [-0.4, -0.2) is 28.1 Å². The van der Waals surface area contributed by atoms with Gasteiger partial charge in [0.15, 0.2) is 5.17 Å². The first-order chi connectivity index (χ1) is 10.5. The van der Waals surface area contributed by atoms with E-state index in [0.29, 0.717) is 21.5 Å². The van der Waals surface area contributed by atoms with E-state index in [4.69, 9.17) is 4.42 Å². The summed E-state index contributed by atoms with van der Waals surface area (Å²) < 4.78 is 5.22. The van der Waals surface area contributed by atoms with Gasteiger partial charge in [-0.25, -0.2) is 4.99 Å². The molecule has 3 rings (SSSR count). The average Bonchev–Trinajstić information content (AvgIpc) is 3.07. The molecule has 6 heteroatoms. The zero-order valence-electron chi connectivity index (χ0n) is 12.1. The number of aromatic hydroxyl groups is 1. The van der Waals surface area contributed by atoms with Crippen LogP contribution in [-0.2, 0) is 4.79 Å². The molecule has 5 nitrogen and oxygen atoms in total. The summed E-state index contributed by atoms with van der Waals surface area (Å²) in [5, 5.41) is 10.4. The SMILES string of the molecule is Cc1ccc(N=C2S/C(=C\c3ccco3)C(=O)N2C)c(O)c1. The molecule has 2 aromatic rings. The minimum atomic E-state index is -0.147. The second-order valence-electron chi connectivity index (χ2n) is 4.88. The van der Waals surface area contributed by atoms with Crippen molar-refractivity contribution < 1.29 is 14.3 Å². The summed E-state index contributed by atoms with van der Waals surface area (Å²) >= 11 is 1.25. The zero-order chi connectivity index (χ0) is 15.7. The first kappa shape index (κ1) is 14.5. The number of carbonyl (C=O) groups is 1. The van der Waals surface area contributed by atoms with Crippen LogP contribution in [0.4, 0.5) is 5.69 Å². The van der Waals surface area contributed by atoms with Crippen molar-refractivity contribution in [1.29, 1.82) is 0 Å². The van der Waals surface area contributed by atoms with E-state index in [0.717, 1.165) is 5.56 Å². The van der Waals surface area contributed by atoms with Crippen LogP contribution in [0.1, 0.15) is 11.3 Å². The number of likely N-dealkylation sites (N-methyl/N-ethyl adjacent to an activating group) is 1. The number of furan rings is 1. The molecule has 1 fully saturated rings. The van der Waals surface area contributed by atoms with Crippen LogP contribution in [0, 0.1) is 6.92 Å². The molecule has 0 saturated carbocycles. The van der Waals surface area contributed by atoms with Crippen molar-refractivity contribution in [3.63, 3.8) is 0 Å². The van der Waals surface area contributed by atoms with Gasteiger partial charge < -0.3 is 9.52 Å². The Morgan fingerprint density at radius 2 is 2.18 bits per heavy atom. The normalized spacial score (nSPS) is 18.6. The van der Waals surface area contributed by atoms with E-state index in [9.17, 15) is 9.90 Å². The van der Waals surface area contributed by atoms with Crippen molar-refractivity contribution in [2.24, 2.45) is 4.99 Å². The zero-order valence-corrected chi connectivity index (χ0v) is 12.9. The van der Waals surface area contributed by atoms with Crippen LogP contribution in [0.15, 0.2) is 50.9 Å². The van der Waals surface area contributed by atoms with E-state index in [1.807, 2.05) is 13.0 Å². The van der Waals surface area contributed by atoms with E-state index in [1.165, 1.54) is 16.7 Å². The van der Waals surface area contributed by atoms with Crippen LogP contribution in [0.5, 0.6) is 5.75 Å². The number of amides is 1. The number of carbonyl (C=O) groups excluding carboxylic acids is 1. The monoisotopic (exact) mass is 314 g/mol. The van der Waals surface area contributed by atoms with E-state index < -0.39 is 0 Å². The quantitative estimate of drug-likeness (QED) is 0.861. The smallest absolute Gasteiger partial charge is 0.266 e. The third kappa shape index (κ3) is 2.78. The molecule has 0 atom stereocenters. The maximum absolute atomic E-state index is 12.2. The van der Waals surface area contributed by atoms with Gasteiger partial charge in [-0.3, -0.25) is 9.69 Å². The molecule has 1 N–H and O–H groups in total. The average molecular weight is 314 g/mol. The van der Waals surface area contributed by atoms with Crippen LogP contribution in [0.25, 0.3) is 6.08 Å². The fourth-order valence-electron chi connectivity index (χ4n) is 1.99. The molecule has 0 bridgehead atoms. The number of thioether (sulfide) groups is 1. The molecular formula is C16H14N2O3S. The molecule has 112 valence electrons. The molecule has 1 aliphatic heterocycles. The number of phenols is 1. The number of hydrogen-bond acceptors (Lipinski definition) is 5. The number of aryl methyl sites for hydroxylation is 1. The van der Waals surface area contributed by atoms with Gasteiger partial charge in [-0.05, 0) is 48.5 Å². The molecule has 1 saturated heterocycles. The second kappa shape index (κ2) is 5.73. The number of rotatable bonds is 2. The Kier molecular flexibility index (Phi) is 3.77. The highest BCUT2D eigenvalue weighted by molar-refractivity contribution is 8.18. The molecule has 0 unspecified atom stereocenters. The standard InChI is InChI=1S/C16H14N2O3S/c1-10-5-6-12(13(19)8-10)17-16-18(2)15(20)14(22-16)9-11-4-3-7-21-11/h3-9,19H,1-2H3/b14-9-,17-16?. The lowest BCUT2D eigenvalue weighted by Gasteiger charge is -2.08. The summed E-state index contributed by atoms with van der Waals surface area (Å²) in [6, 6.07) is 8.77. The number of aliphatic imine (C=N–C) groups is 1. The van der Waals surface area contributed by atoms with E-state index in [1.54, 1.807) is 43.7 Å². The lowest BCUT2D eigenvalue weighted by molar-refractivity contribution is -0.121. The van der Waals surface area contributed by atoms with Crippen LogP contribution < -0.4 is 0 Å². The first-order valence-electron chi connectivity index (χ1n) is 6.64. The summed E-state index contributed by atoms with van der Waals surface area (Å²) in [6.07, 6.45) is 3.24. The maximum Gasteiger partial charge on any atom is 0.266 e.